The summed E-state index contributed by atoms with van der Waals surface area (Å²) in [7, 11) is 0. The molecular formula is C15H11N5S. The number of para-hydroxylation sites is 1. The second-order valence-corrected chi connectivity index (χ2v) is 5.56. The van der Waals surface area contributed by atoms with Gasteiger partial charge in [0.25, 0.3) is 5.78 Å². The Morgan fingerprint density at radius 1 is 0.952 bits per heavy atom. The molecule has 0 fully saturated rings. The van der Waals surface area contributed by atoms with Crippen LogP contribution in [0.3, 0.4) is 0 Å². The Morgan fingerprint density at radius 3 is 2.67 bits per heavy atom. The molecule has 0 atom stereocenters. The van der Waals surface area contributed by atoms with E-state index in [0.717, 1.165) is 21.7 Å². The first kappa shape index (κ1) is 12.3. The van der Waals surface area contributed by atoms with E-state index in [4.69, 9.17) is 0 Å². The molecule has 102 valence electrons. The molecule has 0 bridgehead atoms. The molecule has 0 amide bonds. The minimum atomic E-state index is 0.532. The molecule has 2 aromatic heterocycles. The van der Waals surface area contributed by atoms with Crippen molar-refractivity contribution in [2.45, 2.75) is 10.8 Å². The fraction of sp³-hybridized carbons (Fsp3) is 0.0667. The number of hydrogen-bond donors (Lipinski definition) is 0. The van der Waals surface area contributed by atoms with Crippen LogP contribution in [0.4, 0.5) is 0 Å². The molecule has 0 unspecified atom stereocenters. The van der Waals surface area contributed by atoms with Crippen LogP contribution in [0.1, 0.15) is 5.56 Å². The van der Waals surface area contributed by atoms with Gasteiger partial charge in [0.05, 0.1) is 5.52 Å². The molecule has 0 aliphatic heterocycles. The van der Waals surface area contributed by atoms with Crippen molar-refractivity contribution >= 4 is 28.4 Å². The van der Waals surface area contributed by atoms with Gasteiger partial charge in [0, 0.05) is 11.1 Å². The molecule has 2 aromatic carbocycles. The highest BCUT2D eigenvalue weighted by atomic mass is 32.2. The standard InChI is InChI=1S/C15H11N5S/c1-2-6-11(7-3-1)10-21-14-12-8-4-5-9-13(12)20-15(16-14)17-18-19-20/h1-9H,10H2. The number of hydrogen-bond acceptors (Lipinski definition) is 5. The molecule has 0 aliphatic rings. The highest BCUT2D eigenvalue weighted by Gasteiger charge is 2.10. The van der Waals surface area contributed by atoms with E-state index >= 15 is 0 Å². The van der Waals surface area contributed by atoms with Gasteiger partial charge in [-0.15, -0.1) is 11.8 Å². The molecule has 0 spiro atoms. The Bertz CT molecular complexity index is 904. The van der Waals surface area contributed by atoms with Crippen molar-refractivity contribution < 1.29 is 0 Å². The van der Waals surface area contributed by atoms with Crippen LogP contribution in [-0.4, -0.2) is 25.0 Å². The monoisotopic (exact) mass is 293 g/mol. The fourth-order valence-electron chi connectivity index (χ4n) is 2.23. The number of nitrogens with zero attached hydrogens (tertiary/aromatic N) is 5. The van der Waals surface area contributed by atoms with Gasteiger partial charge in [-0.05, 0) is 22.1 Å². The minimum Gasteiger partial charge on any atom is -0.202 e. The zero-order valence-electron chi connectivity index (χ0n) is 11.0. The first-order valence-electron chi connectivity index (χ1n) is 6.55. The van der Waals surface area contributed by atoms with Crippen LogP contribution in [0.2, 0.25) is 0 Å². The van der Waals surface area contributed by atoms with E-state index in [1.54, 1.807) is 16.3 Å². The summed E-state index contributed by atoms with van der Waals surface area (Å²) in [4.78, 5) is 4.57. The molecule has 0 radical (unpaired) electrons. The number of rotatable bonds is 3. The van der Waals surface area contributed by atoms with E-state index in [2.05, 4.69) is 38.7 Å². The SMILES string of the molecule is c1ccc(CSc2nc3nnnn3c3ccccc23)cc1. The number of benzene rings is 2. The first-order valence-corrected chi connectivity index (χ1v) is 7.54. The van der Waals surface area contributed by atoms with Crippen molar-refractivity contribution in [1.29, 1.82) is 0 Å². The van der Waals surface area contributed by atoms with Gasteiger partial charge in [-0.1, -0.05) is 53.6 Å². The molecule has 4 aromatic rings. The average Bonchev–Trinajstić information content (AvgIpc) is 3.02. The van der Waals surface area contributed by atoms with Crippen LogP contribution in [-0.2, 0) is 5.75 Å². The largest absolute Gasteiger partial charge is 0.275 e. The Kier molecular flexibility index (Phi) is 3.01. The van der Waals surface area contributed by atoms with Crippen LogP contribution >= 0.6 is 11.8 Å². The third-order valence-electron chi connectivity index (χ3n) is 3.24. The predicted octanol–water partition coefficient (Wildman–Crippen LogP) is 2.96. The molecule has 0 saturated carbocycles. The van der Waals surface area contributed by atoms with Crippen LogP contribution in [0.25, 0.3) is 16.7 Å². The lowest BCUT2D eigenvalue weighted by Gasteiger charge is -2.06. The van der Waals surface area contributed by atoms with Gasteiger partial charge >= 0.3 is 0 Å². The van der Waals surface area contributed by atoms with Gasteiger partial charge in [-0.25, -0.2) is 4.98 Å². The van der Waals surface area contributed by atoms with Gasteiger partial charge in [-0.3, -0.25) is 0 Å². The van der Waals surface area contributed by atoms with E-state index in [1.807, 2.05) is 36.4 Å². The summed E-state index contributed by atoms with van der Waals surface area (Å²) in [5.41, 5.74) is 2.25. The van der Waals surface area contributed by atoms with E-state index in [9.17, 15) is 0 Å². The molecule has 5 nitrogen and oxygen atoms in total. The Balaban J connectivity index is 1.79. The number of aromatic nitrogens is 5. The van der Waals surface area contributed by atoms with E-state index in [0.29, 0.717) is 5.78 Å². The molecule has 6 heteroatoms. The number of tetrazole rings is 1. The van der Waals surface area contributed by atoms with E-state index in [-0.39, 0.29) is 0 Å². The quantitative estimate of drug-likeness (QED) is 0.429. The maximum atomic E-state index is 4.57. The summed E-state index contributed by atoms with van der Waals surface area (Å²) in [6.07, 6.45) is 0. The highest BCUT2D eigenvalue weighted by molar-refractivity contribution is 7.98. The summed E-state index contributed by atoms with van der Waals surface area (Å²) >= 11 is 1.70. The lowest BCUT2D eigenvalue weighted by Crippen LogP contribution is -1.96. The number of thioether (sulfide) groups is 1. The third kappa shape index (κ3) is 2.23. The molecule has 0 N–H and O–H groups in total. The normalized spacial score (nSPS) is 11.2. The Morgan fingerprint density at radius 2 is 1.76 bits per heavy atom. The van der Waals surface area contributed by atoms with Gasteiger partial charge in [-0.2, -0.15) is 4.52 Å². The predicted molar refractivity (Wildman–Crippen MR) is 82.1 cm³/mol. The zero-order valence-corrected chi connectivity index (χ0v) is 11.9. The highest BCUT2D eigenvalue weighted by Crippen LogP contribution is 2.28. The second-order valence-electron chi connectivity index (χ2n) is 4.60. The molecule has 0 saturated heterocycles. The van der Waals surface area contributed by atoms with Crippen molar-refractivity contribution in [2.75, 3.05) is 0 Å². The topological polar surface area (TPSA) is 56.0 Å². The zero-order chi connectivity index (χ0) is 14.1. The molecule has 2 heterocycles. The summed E-state index contributed by atoms with van der Waals surface area (Å²) in [5, 5.41) is 13.7. The Hall–Kier alpha value is -2.47. The van der Waals surface area contributed by atoms with Crippen molar-refractivity contribution in [3.05, 3.63) is 60.2 Å². The van der Waals surface area contributed by atoms with Crippen LogP contribution in [0.15, 0.2) is 59.6 Å². The summed E-state index contributed by atoms with van der Waals surface area (Å²) in [6.45, 7) is 0. The van der Waals surface area contributed by atoms with E-state index in [1.165, 1.54) is 5.56 Å². The van der Waals surface area contributed by atoms with Crippen LogP contribution in [0.5, 0.6) is 0 Å². The van der Waals surface area contributed by atoms with Crippen molar-refractivity contribution in [3.63, 3.8) is 0 Å². The first-order chi connectivity index (χ1) is 10.4. The van der Waals surface area contributed by atoms with Gasteiger partial charge in [0.15, 0.2) is 0 Å². The van der Waals surface area contributed by atoms with E-state index < -0.39 is 0 Å². The molecule has 21 heavy (non-hydrogen) atoms. The van der Waals surface area contributed by atoms with Gasteiger partial charge in [0.1, 0.15) is 5.03 Å². The van der Waals surface area contributed by atoms with Gasteiger partial charge in [0.2, 0.25) is 0 Å². The average molecular weight is 293 g/mol. The molecular weight excluding hydrogens is 282 g/mol. The third-order valence-corrected chi connectivity index (χ3v) is 4.30. The minimum absolute atomic E-state index is 0.532. The lowest BCUT2D eigenvalue weighted by atomic mass is 10.2. The maximum absolute atomic E-state index is 4.57. The summed E-state index contributed by atoms with van der Waals surface area (Å²) in [6, 6.07) is 18.4. The smallest absolute Gasteiger partial charge is 0.202 e. The summed E-state index contributed by atoms with van der Waals surface area (Å²) < 4.78 is 1.67. The summed E-state index contributed by atoms with van der Waals surface area (Å²) in [5.74, 6) is 1.40. The number of fused-ring (bicyclic) bond motifs is 3. The van der Waals surface area contributed by atoms with Crippen molar-refractivity contribution in [2.24, 2.45) is 0 Å². The lowest BCUT2D eigenvalue weighted by molar-refractivity contribution is 0.839. The fourth-order valence-corrected chi connectivity index (χ4v) is 3.20. The Labute approximate surface area is 125 Å². The maximum Gasteiger partial charge on any atom is 0.275 e. The molecule has 4 rings (SSSR count). The van der Waals surface area contributed by atoms with Crippen molar-refractivity contribution in [3.8, 4) is 0 Å². The van der Waals surface area contributed by atoms with Gasteiger partial charge < -0.3 is 0 Å². The second kappa shape index (κ2) is 5.14. The van der Waals surface area contributed by atoms with Crippen LogP contribution in [0, 0.1) is 0 Å². The van der Waals surface area contributed by atoms with Crippen LogP contribution < -0.4 is 0 Å². The molecule has 0 aliphatic carbocycles. The van der Waals surface area contributed by atoms with Crippen molar-refractivity contribution in [1.82, 2.24) is 25.0 Å².